The molecule has 0 aromatic carbocycles. The Bertz CT molecular complexity index is 480. The fourth-order valence-corrected chi connectivity index (χ4v) is 4.87. The Balaban J connectivity index is 1.70. The first-order valence-corrected chi connectivity index (χ1v) is 8.68. The van der Waals surface area contributed by atoms with Crippen LogP contribution in [0.5, 0.6) is 0 Å². The maximum atomic E-state index is 12.4. The molecule has 0 bridgehead atoms. The number of aryl methyl sites for hydroxylation is 1. The molecule has 5 heteroatoms. The lowest BCUT2D eigenvalue weighted by atomic mass is 9.83. The second-order valence-electron chi connectivity index (χ2n) is 5.78. The molecule has 0 saturated carbocycles. The molecule has 1 amide bonds. The normalized spacial score (nSPS) is 21.2. The smallest absolute Gasteiger partial charge is 0.264 e. The molecule has 0 radical (unpaired) electrons. The first kappa shape index (κ1) is 13.5. The van der Waals surface area contributed by atoms with E-state index in [2.05, 4.69) is 6.07 Å². The van der Waals surface area contributed by atoms with Gasteiger partial charge in [-0.3, -0.25) is 4.79 Å². The van der Waals surface area contributed by atoms with Crippen LogP contribution in [-0.4, -0.2) is 40.4 Å². The molecule has 3 heterocycles. The van der Waals surface area contributed by atoms with Gasteiger partial charge in [0, 0.05) is 10.6 Å². The monoisotopic (exact) mass is 297 g/mol. The van der Waals surface area contributed by atoms with Crippen LogP contribution in [-0.2, 0) is 12.2 Å². The van der Waals surface area contributed by atoms with Gasteiger partial charge in [-0.05, 0) is 29.7 Å². The molecule has 1 fully saturated rings. The number of carbonyl (C=O) groups is 1. The summed E-state index contributed by atoms with van der Waals surface area (Å²) in [5.74, 6) is 2.49. The third kappa shape index (κ3) is 2.32. The zero-order chi connectivity index (χ0) is 13.6. The SMILES string of the molecule is CC(C)C1(O)CN(C(=O)c2cc3c(s2)CCSC3)C1. The number of fused-ring (bicyclic) bond motifs is 1. The third-order valence-electron chi connectivity index (χ3n) is 4.13. The molecule has 3 rings (SSSR count). The van der Waals surface area contributed by atoms with E-state index in [1.165, 1.54) is 10.4 Å². The van der Waals surface area contributed by atoms with Crippen LogP contribution in [0.4, 0.5) is 0 Å². The van der Waals surface area contributed by atoms with E-state index in [4.69, 9.17) is 0 Å². The number of carbonyl (C=O) groups excluding carboxylic acids is 1. The number of rotatable bonds is 2. The molecule has 19 heavy (non-hydrogen) atoms. The van der Waals surface area contributed by atoms with Crippen LogP contribution < -0.4 is 0 Å². The Morgan fingerprint density at radius 3 is 2.84 bits per heavy atom. The zero-order valence-corrected chi connectivity index (χ0v) is 12.9. The van der Waals surface area contributed by atoms with Gasteiger partial charge in [-0.25, -0.2) is 0 Å². The van der Waals surface area contributed by atoms with Gasteiger partial charge in [-0.15, -0.1) is 11.3 Å². The topological polar surface area (TPSA) is 40.5 Å². The van der Waals surface area contributed by atoms with Crippen LogP contribution in [0.1, 0.15) is 34.0 Å². The van der Waals surface area contributed by atoms with Crippen LogP contribution in [0, 0.1) is 5.92 Å². The van der Waals surface area contributed by atoms with Crippen LogP contribution in [0.2, 0.25) is 0 Å². The molecule has 0 spiro atoms. The number of thiophene rings is 1. The van der Waals surface area contributed by atoms with Gasteiger partial charge in [-0.1, -0.05) is 13.8 Å². The van der Waals surface area contributed by atoms with Gasteiger partial charge in [0.15, 0.2) is 0 Å². The highest BCUT2D eigenvalue weighted by Crippen LogP contribution is 2.35. The van der Waals surface area contributed by atoms with Crippen molar-refractivity contribution in [3.8, 4) is 0 Å². The second-order valence-corrected chi connectivity index (χ2v) is 8.02. The summed E-state index contributed by atoms with van der Waals surface area (Å²) in [5.41, 5.74) is 0.659. The number of thioether (sulfide) groups is 1. The maximum Gasteiger partial charge on any atom is 0.264 e. The van der Waals surface area contributed by atoms with Crippen LogP contribution >= 0.6 is 23.1 Å². The van der Waals surface area contributed by atoms with Crippen molar-refractivity contribution in [1.82, 2.24) is 4.90 Å². The van der Waals surface area contributed by atoms with Crippen molar-refractivity contribution >= 4 is 29.0 Å². The maximum absolute atomic E-state index is 12.4. The predicted molar refractivity (Wildman–Crippen MR) is 79.9 cm³/mol. The van der Waals surface area contributed by atoms with Gasteiger partial charge in [0.25, 0.3) is 5.91 Å². The van der Waals surface area contributed by atoms with Crippen molar-refractivity contribution in [3.63, 3.8) is 0 Å². The third-order valence-corrected chi connectivity index (χ3v) is 6.36. The molecule has 1 aromatic heterocycles. The average molecular weight is 297 g/mol. The summed E-state index contributed by atoms with van der Waals surface area (Å²) < 4.78 is 0. The second kappa shape index (κ2) is 4.79. The van der Waals surface area contributed by atoms with Crippen molar-refractivity contribution in [3.05, 3.63) is 21.4 Å². The molecular formula is C14H19NO2S2. The van der Waals surface area contributed by atoms with Crippen molar-refractivity contribution in [1.29, 1.82) is 0 Å². The molecule has 2 aliphatic heterocycles. The van der Waals surface area contributed by atoms with E-state index in [0.29, 0.717) is 13.1 Å². The van der Waals surface area contributed by atoms with E-state index >= 15 is 0 Å². The van der Waals surface area contributed by atoms with Crippen molar-refractivity contribution in [2.24, 2.45) is 5.92 Å². The first-order valence-electron chi connectivity index (χ1n) is 6.70. The Hall–Kier alpha value is -0.520. The Morgan fingerprint density at radius 2 is 2.21 bits per heavy atom. The minimum Gasteiger partial charge on any atom is -0.386 e. The highest BCUT2D eigenvalue weighted by atomic mass is 32.2. The van der Waals surface area contributed by atoms with Gasteiger partial charge < -0.3 is 10.0 Å². The van der Waals surface area contributed by atoms with Crippen molar-refractivity contribution in [2.45, 2.75) is 31.6 Å². The largest absolute Gasteiger partial charge is 0.386 e. The molecule has 2 aliphatic rings. The van der Waals surface area contributed by atoms with E-state index in [0.717, 1.165) is 22.8 Å². The van der Waals surface area contributed by atoms with E-state index in [1.54, 1.807) is 16.2 Å². The number of hydrogen-bond donors (Lipinski definition) is 1. The van der Waals surface area contributed by atoms with E-state index in [-0.39, 0.29) is 11.8 Å². The Labute approximate surface area is 122 Å². The molecular weight excluding hydrogens is 278 g/mol. The predicted octanol–water partition coefficient (Wildman–Crippen LogP) is 2.38. The molecule has 3 nitrogen and oxygen atoms in total. The number of nitrogens with zero attached hydrogens (tertiary/aromatic N) is 1. The number of likely N-dealkylation sites (tertiary alicyclic amines) is 1. The minimum atomic E-state index is -0.678. The molecule has 0 atom stereocenters. The lowest BCUT2D eigenvalue weighted by Crippen LogP contribution is -2.65. The van der Waals surface area contributed by atoms with Gasteiger partial charge in [0.05, 0.1) is 18.0 Å². The Kier molecular flexibility index (Phi) is 3.39. The number of β-amino-alcohol motifs (C(OH)–C–C–N with tert-alkyl or cyclic N) is 1. The lowest BCUT2D eigenvalue weighted by Gasteiger charge is -2.48. The van der Waals surface area contributed by atoms with Gasteiger partial charge in [-0.2, -0.15) is 11.8 Å². The number of aliphatic hydroxyl groups is 1. The first-order chi connectivity index (χ1) is 8.99. The van der Waals surface area contributed by atoms with E-state index in [1.807, 2.05) is 25.6 Å². The highest BCUT2D eigenvalue weighted by molar-refractivity contribution is 7.98. The molecule has 104 valence electrons. The quantitative estimate of drug-likeness (QED) is 0.911. The van der Waals surface area contributed by atoms with Crippen LogP contribution in [0.3, 0.4) is 0 Å². The summed E-state index contributed by atoms with van der Waals surface area (Å²) in [4.78, 5) is 16.4. The average Bonchev–Trinajstić information content (AvgIpc) is 2.77. The Morgan fingerprint density at radius 1 is 1.47 bits per heavy atom. The fourth-order valence-electron chi connectivity index (χ4n) is 2.53. The summed E-state index contributed by atoms with van der Waals surface area (Å²) in [5, 5.41) is 10.2. The summed E-state index contributed by atoms with van der Waals surface area (Å²) in [6.45, 7) is 4.95. The molecule has 1 aromatic rings. The van der Waals surface area contributed by atoms with Gasteiger partial charge in [0.1, 0.15) is 5.60 Å². The number of amides is 1. The summed E-state index contributed by atoms with van der Waals surface area (Å²) in [6, 6.07) is 2.06. The molecule has 0 unspecified atom stereocenters. The summed E-state index contributed by atoms with van der Waals surface area (Å²) in [7, 11) is 0. The highest BCUT2D eigenvalue weighted by Gasteiger charge is 2.46. The molecule has 1 N–H and O–H groups in total. The van der Waals surface area contributed by atoms with E-state index in [9.17, 15) is 9.90 Å². The molecule has 0 aliphatic carbocycles. The van der Waals surface area contributed by atoms with E-state index < -0.39 is 5.60 Å². The van der Waals surface area contributed by atoms with Gasteiger partial charge in [0.2, 0.25) is 0 Å². The molecule has 1 saturated heterocycles. The van der Waals surface area contributed by atoms with Crippen molar-refractivity contribution in [2.75, 3.05) is 18.8 Å². The zero-order valence-electron chi connectivity index (χ0n) is 11.3. The van der Waals surface area contributed by atoms with Crippen molar-refractivity contribution < 1.29 is 9.90 Å². The standard InChI is InChI=1S/C14H19NO2S2/c1-9(2)14(17)7-15(8-14)13(16)12-5-10-6-18-4-3-11(10)19-12/h5,9,17H,3-4,6-8H2,1-2H3. The lowest BCUT2D eigenvalue weighted by molar-refractivity contribution is -0.110. The number of hydrogen-bond acceptors (Lipinski definition) is 4. The summed E-state index contributed by atoms with van der Waals surface area (Å²) >= 11 is 3.58. The fraction of sp³-hybridized carbons (Fsp3) is 0.643. The van der Waals surface area contributed by atoms with Crippen LogP contribution in [0.15, 0.2) is 6.07 Å². The van der Waals surface area contributed by atoms with Crippen LogP contribution in [0.25, 0.3) is 0 Å². The minimum absolute atomic E-state index is 0.0923. The summed E-state index contributed by atoms with van der Waals surface area (Å²) in [6.07, 6.45) is 1.09. The van der Waals surface area contributed by atoms with Gasteiger partial charge >= 0.3 is 0 Å².